The molecule has 126 valence electrons. The number of thiophene rings is 1. The van der Waals surface area contributed by atoms with Gasteiger partial charge in [0.2, 0.25) is 0 Å². The summed E-state index contributed by atoms with van der Waals surface area (Å²) >= 11 is 9.56. The normalized spacial score (nSPS) is 11.2. The van der Waals surface area contributed by atoms with Gasteiger partial charge in [-0.25, -0.2) is 0 Å². The van der Waals surface area contributed by atoms with E-state index in [4.69, 9.17) is 11.6 Å². The van der Waals surface area contributed by atoms with Gasteiger partial charge in [-0.2, -0.15) is 0 Å². The van der Waals surface area contributed by atoms with E-state index in [1.54, 1.807) is 23.1 Å². The topological polar surface area (TPSA) is 30.7 Å². The number of thioether (sulfide) groups is 1. The first kappa shape index (κ1) is 17.5. The highest BCUT2D eigenvalue weighted by Crippen LogP contribution is 2.33. The van der Waals surface area contributed by atoms with Gasteiger partial charge in [-0.05, 0) is 43.5 Å². The minimum Gasteiger partial charge on any atom is -0.302 e. The van der Waals surface area contributed by atoms with E-state index in [1.807, 2.05) is 18.2 Å². The van der Waals surface area contributed by atoms with Crippen molar-refractivity contribution in [2.75, 3.05) is 0 Å². The molecule has 0 N–H and O–H groups in total. The van der Waals surface area contributed by atoms with E-state index in [-0.39, 0.29) is 0 Å². The molecule has 0 fully saturated rings. The summed E-state index contributed by atoms with van der Waals surface area (Å²) in [5.74, 6) is 1.81. The Kier molecular flexibility index (Phi) is 5.64. The van der Waals surface area contributed by atoms with E-state index >= 15 is 0 Å². The Morgan fingerprint density at radius 1 is 1.25 bits per heavy atom. The third-order valence-corrected chi connectivity index (χ3v) is 6.21. The lowest BCUT2D eigenvalue weighted by molar-refractivity contribution is 0.687. The number of benzene rings is 1. The molecule has 0 saturated carbocycles. The maximum Gasteiger partial charge on any atom is 0.191 e. The summed E-state index contributed by atoms with van der Waals surface area (Å²) in [7, 11) is 0. The second-order valence-electron chi connectivity index (χ2n) is 5.51. The third-order valence-electron chi connectivity index (χ3n) is 3.99. The molecule has 0 amide bonds. The van der Waals surface area contributed by atoms with Gasteiger partial charge < -0.3 is 4.57 Å². The summed E-state index contributed by atoms with van der Waals surface area (Å²) in [6.07, 6.45) is 1.02. The quantitative estimate of drug-likeness (QED) is 0.505. The molecule has 0 atom stereocenters. The molecule has 0 aliphatic carbocycles. The Balaban J connectivity index is 1.87. The van der Waals surface area contributed by atoms with Gasteiger partial charge in [0, 0.05) is 33.1 Å². The molecule has 0 radical (unpaired) electrons. The first-order chi connectivity index (χ1) is 11.6. The Morgan fingerprint density at radius 3 is 2.79 bits per heavy atom. The Morgan fingerprint density at radius 2 is 2.08 bits per heavy atom. The van der Waals surface area contributed by atoms with Gasteiger partial charge in [0.15, 0.2) is 11.0 Å². The van der Waals surface area contributed by atoms with Crippen molar-refractivity contribution in [3.8, 4) is 11.4 Å². The Hall–Kier alpha value is -1.30. The molecule has 3 aromatic rings. The van der Waals surface area contributed by atoms with Crippen molar-refractivity contribution in [1.82, 2.24) is 14.8 Å². The zero-order valence-electron chi connectivity index (χ0n) is 14.0. The Labute approximate surface area is 156 Å². The monoisotopic (exact) mass is 377 g/mol. The summed E-state index contributed by atoms with van der Waals surface area (Å²) in [6.45, 7) is 7.37. The van der Waals surface area contributed by atoms with Crippen LogP contribution in [0.2, 0.25) is 5.02 Å². The summed E-state index contributed by atoms with van der Waals surface area (Å²) in [4.78, 5) is 1.37. The van der Waals surface area contributed by atoms with Crippen LogP contribution in [0.5, 0.6) is 0 Å². The van der Waals surface area contributed by atoms with Crippen molar-refractivity contribution >= 4 is 34.7 Å². The average molecular weight is 378 g/mol. The van der Waals surface area contributed by atoms with E-state index in [9.17, 15) is 0 Å². The van der Waals surface area contributed by atoms with Crippen LogP contribution >= 0.6 is 34.7 Å². The molecule has 3 rings (SSSR count). The lowest BCUT2D eigenvalue weighted by atomic mass is 10.1. The molecule has 24 heavy (non-hydrogen) atoms. The van der Waals surface area contributed by atoms with Gasteiger partial charge in [0.05, 0.1) is 0 Å². The fraction of sp³-hybridized carbons (Fsp3) is 0.333. The molecule has 3 nitrogen and oxygen atoms in total. The predicted octanol–water partition coefficient (Wildman–Crippen LogP) is 5.84. The molecule has 0 saturated heterocycles. The summed E-state index contributed by atoms with van der Waals surface area (Å²) in [5.41, 5.74) is 3.80. The number of rotatable bonds is 6. The lowest BCUT2D eigenvalue weighted by Crippen LogP contribution is -2.00. The lowest BCUT2D eigenvalue weighted by Gasteiger charge is -2.08. The van der Waals surface area contributed by atoms with Crippen LogP contribution in [0.1, 0.15) is 29.9 Å². The van der Waals surface area contributed by atoms with Gasteiger partial charge >= 0.3 is 0 Å². The van der Waals surface area contributed by atoms with Crippen molar-refractivity contribution in [2.45, 2.75) is 44.6 Å². The van der Waals surface area contributed by atoms with Crippen LogP contribution in [-0.2, 0) is 18.7 Å². The van der Waals surface area contributed by atoms with E-state index in [1.165, 1.54) is 21.6 Å². The van der Waals surface area contributed by atoms with Crippen molar-refractivity contribution in [3.63, 3.8) is 0 Å². The SMILES string of the molecule is CCc1c(-c2nnc(SCc3cccc(Cl)c3)n2CC)csc1C. The third kappa shape index (κ3) is 3.53. The molecule has 2 heterocycles. The van der Waals surface area contributed by atoms with E-state index < -0.39 is 0 Å². The fourth-order valence-corrected chi connectivity index (χ4v) is 4.86. The van der Waals surface area contributed by atoms with Gasteiger partial charge in [-0.3, -0.25) is 0 Å². The maximum absolute atomic E-state index is 6.06. The van der Waals surface area contributed by atoms with Crippen molar-refractivity contribution in [1.29, 1.82) is 0 Å². The second-order valence-corrected chi connectivity index (χ2v) is 7.97. The summed E-state index contributed by atoms with van der Waals surface area (Å²) in [6, 6.07) is 7.97. The molecule has 0 unspecified atom stereocenters. The fourth-order valence-electron chi connectivity index (χ4n) is 2.76. The number of nitrogens with zero attached hydrogens (tertiary/aromatic N) is 3. The van der Waals surface area contributed by atoms with Gasteiger partial charge in [-0.1, -0.05) is 42.4 Å². The predicted molar refractivity (Wildman–Crippen MR) is 104 cm³/mol. The van der Waals surface area contributed by atoms with Crippen LogP contribution < -0.4 is 0 Å². The smallest absolute Gasteiger partial charge is 0.191 e. The second kappa shape index (κ2) is 7.72. The highest BCUT2D eigenvalue weighted by Gasteiger charge is 2.18. The molecule has 0 spiro atoms. The highest BCUT2D eigenvalue weighted by molar-refractivity contribution is 7.98. The van der Waals surface area contributed by atoms with Crippen LogP contribution in [-0.4, -0.2) is 14.8 Å². The Bertz CT molecular complexity index is 839. The first-order valence-corrected chi connectivity index (χ1v) is 10.3. The zero-order valence-corrected chi connectivity index (χ0v) is 16.4. The molecule has 6 heteroatoms. The van der Waals surface area contributed by atoms with Gasteiger partial charge in [0.25, 0.3) is 0 Å². The number of hydrogen-bond donors (Lipinski definition) is 0. The molecule has 0 aliphatic rings. The van der Waals surface area contributed by atoms with Crippen LogP contribution in [0.25, 0.3) is 11.4 Å². The van der Waals surface area contributed by atoms with Crippen LogP contribution in [0.4, 0.5) is 0 Å². The maximum atomic E-state index is 6.06. The summed E-state index contributed by atoms with van der Waals surface area (Å²) < 4.78 is 2.20. The minimum atomic E-state index is 0.770. The highest BCUT2D eigenvalue weighted by atomic mass is 35.5. The zero-order chi connectivity index (χ0) is 17.1. The van der Waals surface area contributed by atoms with Gasteiger partial charge in [-0.15, -0.1) is 21.5 Å². The molecular weight excluding hydrogens is 358 g/mol. The van der Waals surface area contributed by atoms with Crippen LogP contribution in [0.3, 0.4) is 0 Å². The van der Waals surface area contributed by atoms with Crippen LogP contribution in [0.15, 0.2) is 34.8 Å². The summed E-state index contributed by atoms with van der Waals surface area (Å²) in [5, 5.41) is 12.8. The molecular formula is C18H20ClN3S2. The van der Waals surface area contributed by atoms with E-state index in [0.29, 0.717) is 0 Å². The average Bonchev–Trinajstić information content (AvgIpc) is 3.15. The van der Waals surface area contributed by atoms with Gasteiger partial charge in [0.1, 0.15) is 0 Å². The molecule has 0 aliphatic heterocycles. The van der Waals surface area contributed by atoms with Crippen LogP contribution in [0, 0.1) is 6.92 Å². The van der Waals surface area contributed by atoms with Crippen molar-refractivity contribution in [3.05, 3.63) is 50.7 Å². The minimum absolute atomic E-state index is 0.770. The van der Waals surface area contributed by atoms with Crippen molar-refractivity contribution < 1.29 is 0 Å². The number of hydrogen-bond acceptors (Lipinski definition) is 4. The molecule has 2 aromatic heterocycles. The first-order valence-electron chi connectivity index (χ1n) is 8.01. The largest absolute Gasteiger partial charge is 0.302 e. The van der Waals surface area contributed by atoms with Crippen molar-refractivity contribution in [2.24, 2.45) is 0 Å². The van der Waals surface area contributed by atoms with E-state index in [2.05, 4.69) is 47.0 Å². The molecule has 0 bridgehead atoms. The number of aryl methyl sites for hydroxylation is 1. The van der Waals surface area contributed by atoms with E-state index in [0.717, 1.165) is 34.7 Å². The number of aromatic nitrogens is 3. The molecule has 1 aromatic carbocycles. The number of halogens is 1. The standard InChI is InChI=1S/C18H20ClN3S2/c1-4-15-12(3)23-11-16(15)17-20-21-18(22(17)5-2)24-10-13-7-6-8-14(19)9-13/h6-9,11H,4-5,10H2,1-3H3.